The average molecular weight is 329 g/mol. The molecule has 1 heterocycles. The zero-order chi connectivity index (χ0) is 17.1. The number of ether oxygens (including phenoxy) is 2. The van der Waals surface area contributed by atoms with Crippen molar-refractivity contribution in [2.45, 2.75) is 6.61 Å². The number of aromatic nitrogens is 1. The third-order valence-corrected chi connectivity index (χ3v) is 4.24. The summed E-state index contributed by atoms with van der Waals surface area (Å²) < 4.78 is 11.4. The molecule has 0 fully saturated rings. The molecule has 1 aromatic heterocycles. The van der Waals surface area contributed by atoms with E-state index in [-0.39, 0.29) is 0 Å². The van der Waals surface area contributed by atoms with Crippen LogP contribution in [0, 0.1) is 0 Å². The van der Waals surface area contributed by atoms with Gasteiger partial charge in [-0.2, -0.15) is 0 Å². The van der Waals surface area contributed by atoms with Crippen LogP contribution in [0.2, 0.25) is 0 Å². The van der Waals surface area contributed by atoms with E-state index in [0.717, 1.165) is 39.2 Å². The van der Waals surface area contributed by atoms with Crippen molar-refractivity contribution in [3.05, 3.63) is 84.4 Å². The summed E-state index contributed by atoms with van der Waals surface area (Å²) in [6, 6.07) is 26.4. The molecule has 0 radical (unpaired) electrons. The van der Waals surface area contributed by atoms with Gasteiger partial charge in [-0.3, -0.25) is 0 Å². The van der Waals surface area contributed by atoms with Crippen LogP contribution in [0.1, 0.15) is 5.56 Å². The summed E-state index contributed by atoms with van der Waals surface area (Å²) in [7, 11) is 1.69. The van der Waals surface area contributed by atoms with Crippen LogP contribution in [0.3, 0.4) is 0 Å². The van der Waals surface area contributed by atoms with Gasteiger partial charge in [-0.25, -0.2) is 0 Å². The smallest absolute Gasteiger partial charge is 0.128 e. The van der Waals surface area contributed by atoms with Gasteiger partial charge in [0, 0.05) is 16.5 Å². The Balaban J connectivity index is 1.61. The second-order valence-electron chi connectivity index (χ2n) is 5.91. The maximum Gasteiger partial charge on any atom is 0.128 e. The first-order chi connectivity index (χ1) is 12.3. The highest BCUT2D eigenvalue weighted by Gasteiger charge is 2.09. The first kappa shape index (κ1) is 15.3. The van der Waals surface area contributed by atoms with Gasteiger partial charge in [-0.1, -0.05) is 42.5 Å². The molecule has 0 amide bonds. The molecule has 0 saturated carbocycles. The Labute approximate surface area is 146 Å². The van der Waals surface area contributed by atoms with Crippen LogP contribution in [-0.2, 0) is 6.61 Å². The summed E-state index contributed by atoms with van der Waals surface area (Å²) in [5.41, 5.74) is 4.32. The molecule has 0 aliphatic heterocycles. The largest absolute Gasteiger partial charge is 0.496 e. The Morgan fingerprint density at radius 3 is 2.48 bits per heavy atom. The molecule has 3 nitrogen and oxygen atoms in total. The van der Waals surface area contributed by atoms with Crippen molar-refractivity contribution < 1.29 is 9.47 Å². The lowest BCUT2D eigenvalue weighted by Crippen LogP contribution is -1.94. The van der Waals surface area contributed by atoms with Crippen molar-refractivity contribution in [3.63, 3.8) is 0 Å². The van der Waals surface area contributed by atoms with Crippen molar-refractivity contribution in [2.24, 2.45) is 0 Å². The fourth-order valence-electron chi connectivity index (χ4n) is 2.95. The van der Waals surface area contributed by atoms with Crippen molar-refractivity contribution >= 4 is 10.9 Å². The van der Waals surface area contributed by atoms with E-state index < -0.39 is 0 Å². The number of fused-ring (bicyclic) bond motifs is 1. The normalized spacial score (nSPS) is 10.8. The number of hydrogen-bond donors (Lipinski definition) is 1. The molecule has 3 heteroatoms. The Bertz CT molecular complexity index is 989. The number of rotatable bonds is 5. The highest BCUT2D eigenvalue weighted by molar-refractivity contribution is 5.88. The van der Waals surface area contributed by atoms with Crippen LogP contribution in [0.4, 0.5) is 0 Å². The topological polar surface area (TPSA) is 34.2 Å². The monoisotopic (exact) mass is 329 g/mol. The summed E-state index contributed by atoms with van der Waals surface area (Å²) in [4.78, 5) is 3.45. The van der Waals surface area contributed by atoms with Gasteiger partial charge in [0.2, 0.25) is 0 Å². The van der Waals surface area contributed by atoms with Crippen LogP contribution < -0.4 is 9.47 Å². The molecule has 124 valence electrons. The van der Waals surface area contributed by atoms with E-state index in [2.05, 4.69) is 41.4 Å². The minimum atomic E-state index is 0.566. The highest BCUT2D eigenvalue weighted by atomic mass is 16.5. The van der Waals surface area contributed by atoms with Gasteiger partial charge in [-0.15, -0.1) is 0 Å². The van der Waals surface area contributed by atoms with E-state index in [1.807, 2.05) is 42.5 Å². The van der Waals surface area contributed by atoms with Crippen LogP contribution in [0.5, 0.6) is 11.5 Å². The average Bonchev–Trinajstić information content (AvgIpc) is 3.10. The molecule has 0 bridgehead atoms. The third kappa shape index (κ3) is 3.22. The van der Waals surface area contributed by atoms with Crippen molar-refractivity contribution in [3.8, 4) is 22.8 Å². The van der Waals surface area contributed by atoms with Gasteiger partial charge < -0.3 is 14.5 Å². The Kier molecular flexibility index (Phi) is 4.13. The number of methoxy groups -OCH3 is 1. The molecule has 25 heavy (non-hydrogen) atoms. The zero-order valence-electron chi connectivity index (χ0n) is 14.0. The number of aromatic amines is 1. The van der Waals surface area contributed by atoms with Crippen LogP contribution in [-0.4, -0.2) is 12.1 Å². The molecule has 4 rings (SSSR count). The molecule has 0 saturated heterocycles. The molecule has 0 aliphatic rings. The molecule has 0 unspecified atom stereocenters. The first-order valence-corrected chi connectivity index (χ1v) is 8.26. The quantitative estimate of drug-likeness (QED) is 0.530. The van der Waals surface area contributed by atoms with E-state index in [4.69, 9.17) is 9.47 Å². The standard InChI is InChI=1S/C22H19NO2/c1-24-22-10-6-5-9-19(22)21-14-17-13-18(11-12-20(17)23-21)25-15-16-7-3-2-4-8-16/h2-14,23H,15H2,1H3. The fraction of sp³-hybridized carbons (Fsp3) is 0.0909. The minimum absolute atomic E-state index is 0.566. The Hall–Kier alpha value is -3.20. The SMILES string of the molecule is COc1ccccc1-c1cc2cc(OCc3ccccc3)ccc2[nH]1. The second kappa shape index (κ2) is 6.73. The number of para-hydroxylation sites is 1. The fourth-order valence-corrected chi connectivity index (χ4v) is 2.95. The van der Waals surface area contributed by atoms with Crippen LogP contribution in [0.15, 0.2) is 78.9 Å². The molecule has 0 spiro atoms. The van der Waals surface area contributed by atoms with Gasteiger partial charge in [0.05, 0.1) is 12.8 Å². The minimum Gasteiger partial charge on any atom is -0.496 e. The Morgan fingerprint density at radius 2 is 1.64 bits per heavy atom. The molecule has 0 aliphatic carbocycles. The summed E-state index contributed by atoms with van der Waals surface area (Å²) in [5, 5.41) is 1.12. The van der Waals surface area contributed by atoms with Gasteiger partial charge >= 0.3 is 0 Å². The predicted molar refractivity (Wildman–Crippen MR) is 101 cm³/mol. The summed E-state index contributed by atoms with van der Waals surface area (Å²) in [6.45, 7) is 0.566. The second-order valence-corrected chi connectivity index (χ2v) is 5.91. The lowest BCUT2D eigenvalue weighted by atomic mass is 10.1. The van der Waals surface area contributed by atoms with Crippen LogP contribution >= 0.6 is 0 Å². The lowest BCUT2D eigenvalue weighted by Gasteiger charge is -2.06. The first-order valence-electron chi connectivity index (χ1n) is 8.26. The zero-order valence-corrected chi connectivity index (χ0v) is 14.0. The maximum absolute atomic E-state index is 5.92. The number of hydrogen-bond acceptors (Lipinski definition) is 2. The van der Waals surface area contributed by atoms with Gasteiger partial charge in [0.15, 0.2) is 0 Å². The predicted octanol–water partition coefficient (Wildman–Crippen LogP) is 5.42. The van der Waals surface area contributed by atoms with Gasteiger partial charge in [0.25, 0.3) is 0 Å². The van der Waals surface area contributed by atoms with Crippen molar-refractivity contribution in [2.75, 3.05) is 7.11 Å². The molecule has 3 aromatic carbocycles. The summed E-state index contributed by atoms with van der Waals surface area (Å²) in [6.07, 6.45) is 0. The van der Waals surface area contributed by atoms with E-state index in [1.54, 1.807) is 7.11 Å². The molecular weight excluding hydrogens is 310 g/mol. The molecule has 4 aromatic rings. The number of nitrogens with one attached hydrogen (secondary N) is 1. The maximum atomic E-state index is 5.92. The molecular formula is C22H19NO2. The Morgan fingerprint density at radius 1 is 0.840 bits per heavy atom. The van der Waals surface area contributed by atoms with Gasteiger partial charge in [0.1, 0.15) is 18.1 Å². The molecule has 0 atom stereocenters. The third-order valence-electron chi connectivity index (χ3n) is 4.24. The van der Waals surface area contributed by atoms with E-state index in [9.17, 15) is 0 Å². The highest BCUT2D eigenvalue weighted by Crippen LogP contribution is 2.32. The number of H-pyrrole nitrogens is 1. The lowest BCUT2D eigenvalue weighted by molar-refractivity contribution is 0.306. The summed E-state index contributed by atoms with van der Waals surface area (Å²) in [5.74, 6) is 1.72. The van der Waals surface area contributed by atoms with E-state index in [0.29, 0.717) is 6.61 Å². The number of benzene rings is 3. The van der Waals surface area contributed by atoms with Crippen molar-refractivity contribution in [1.82, 2.24) is 4.98 Å². The summed E-state index contributed by atoms with van der Waals surface area (Å²) >= 11 is 0. The van der Waals surface area contributed by atoms with Gasteiger partial charge in [-0.05, 0) is 42.0 Å². The van der Waals surface area contributed by atoms with E-state index in [1.165, 1.54) is 0 Å². The van der Waals surface area contributed by atoms with Crippen molar-refractivity contribution in [1.29, 1.82) is 0 Å². The van der Waals surface area contributed by atoms with E-state index >= 15 is 0 Å². The van der Waals surface area contributed by atoms with Crippen LogP contribution in [0.25, 0.3) is 22.2 Å². The molecule has 1 N–H and O–H groups in total.